The van der Waals surface area contributed by atoms with Crippen molar-refractivity contribution < 1.29 is 0 Å². The highest BCUT2D eigenvalue weighted by Crippen LogP contribution is 2.37. The first-order chi connectivity index (χ1) is 10.7. The van der Waals surface area contributed by atoms with E-state index in [9.17, 15) is 4.91 Å². The molecule has 4 nitrogen and oxygen atoms in total. The molecule has 0 saturated carbocycles. The summed E-state index contributed by atoms with van der Waals surface area (Å²) in [6, 6.07) is 13.9. The molecule has 1 aliphatic rings. The first-order valence-corrected chi connectivity index (χ1v) is 7.82. The molecular weight excluding hydrogens is 321 g/mol. The number of hydrogen-bond donors (Lipinski definition) is 0. The molecule has 0 radical (unpaired) electrons. The van der Waals surface area contributed by atoms with Crippen molar-refractivity contribution in [2.45, 2.75) is 0 Å². The maximum atomic E-state index is 10.7. The summed E-state index contributed by atoms with van der Waals surface area (Å²) in [6.07, 6.45) is 0. The molecule has 2 aromatic carbocycles. The molecule has 0 aromatic heterocycles. The van der Waals surface area contributed by atoms with Crippen LogP contribution in [0.4, 0.5) is 17.1 Å². The van der Waals surface area contributed by atoms with Crippen LogP contribution in [0, 0.1) is 4.91 Å². The van der Waals surface area contributed by atoms with Crippen LogP contribution in [0.1, 0.15) is 0 Å². The van der Waals surface area contributed by atoms with E-state index in [1.165, 1.54) is 5.69 Å². The van der Waals surface area contributed by atoms with Crippen LogP contribution in [0.15, 0.2) is 47.6 Å². The maximum absolute atomic E-state index is 10.7. The Balaban J connectivity index is 1.73. The van der Waals surface area contributed by atoms with Crippen molar-refractivity contribution in [1.29, 1.82) is 0 Å². The topological polar surface area (TPSA) is 35.9 Å². The number of anilines is 2. The summed E-state index contributed by atoms with van der Waals surface area (Å²) in [5, 5.41) is 3.46. The van der Waals surface area contributed by atoms with E-state index in [4.69, 9.17) is 23.2 Å². The Morgan fingerprint density at radius 1 is 0.818 bits per heavy atom. The molecular formula is C16H15Cl2N3O. The monoisotopic (exact) mass is 335 g/mol. The summed E-state index contributed by atoms with van der Waals surface area (Å²) in [7, 11) is 0. The summed E-state index contributed by atoms with van der Waals surface area (Å²) in [5.41, 5.74) is 2.27. The van der Waals surface area contributed by atoms with Crippen molar-refractivity contribution >= 4 is 40.3 Å². The molecule has 0 unspecified atom stereocenters. The van der Waals surface area contributed by atoms with Crippen LogP contribution in [-0.4, -0.2) is 26.2 Å². The molecule has 114 valence electrons. The highest BCUT2D eigenvalue weighted by molar-refractivity contribution is 6.39. The Morgan fingerprint density at radius 3 is 1.82 bits per heavy atom. The molecule has 0 atom stereocenters. The van der Waals surface area contributed by atoms with E-state index in [1.807, 2.05) is 18.2 Å². The third kappa shape index (κ3) is 3.03. The zero-order chi connectivity index (χ0) is 15.5. The van der Waals surface area contributed by atoms with Gasteiger partial charge in [0.05, 0.1) is 10.0 Å². The lowest BCUT2D eigenvalue weighted by Crippen LogP contribution is -2.46. The fourth-order valence-electron chi connectivity index (χ4n) is 2.68. The SMILES string of the molecule is O=Nc1c(Cl)cc(N2CCN(c3ccccc3)CC2)cc1Cl. The van der Waals surface area contributed by atoms with Gasteiger partial charge in [0, 0.05) is 37.6 Å². The second-order valence-electron chi connectivity index (χ2n) is 5.16. The standard InChI is InChI=1S/C16H15Cl2N3O/c17-14-10-13(11-15(18)16(14)19-22)21-8-6-20(7-9-21)12-4-2-1-3-5-12/h1-5,10-11H,6-9H2. The number of para-hydroxylation sites is 1. The first-order valence-electron chi connectivity index (χ1n) is 7.06. The Hall–Kier alpha value is -1.78. The van der Waals surface area contributed by atoms with Gasteiger partial charge < -0.3 is 9.80 Å². The number of benzene rings is 2. The third-order valence-electron chi connectivity index (χ3n) is 3.86. The predicted molar refractivity (Wildman–Crippen MR) is 92.8 cm³/mol. The van der Waals surface area contributed by atoms with Gasteiger partial charge in [-0.05, 0) is 29.4 Å². The van der Waals surface area contributed by atoms with Crippen LogP contribution >= 0.6 is 23.2 Å². The number of piperazine rings is 1. The van der Waals surface area contributed by atoms with E-state index in [0.717, 1.165) is 31.9 Å². The number of nitrogens with zero attached hydrogens (tertiary/aromatic N) is 3. The second kappa shape index (κ2) is 6.55. The maximum Gasteiger partial charge on any atom is 0.145 e. The van der Waals surface area contributed by atoms with Crippen molar-refractivity contribution in [2.24, 2.45) is 5.18 Å². The van der Waals surface area contributed by atoms with Gasteiger partial charge in [-0.25, -0.2) is 0 Å². The van der Waals surface area contributed by atoms with Gasteiger partial charge in [-0.1, -0.05) is 41.4 Å². The largest absolute Gasteiger partial charge is 0.368 e. The smallest absolute Gasteiger partial charge is 0.145 e. The van der Waals surface area contributed by atoms with Crippen LogP contribution in [0.25, 0.3) is 0 Å². The van der Waals surface area contributed by atoms with Crippen LogP contribution in [0.5, 0.6) is 0 Å². The molecule has 1 aliphatic heterocycles. The lowest BCUT2D eigenvalue weighted by molar-refractivity contribution is 0.653. The molecule has 1 heterocycles. The van der Waals surface area contributed by atoms with Gasteiger partial charge in [0.2, 0.25) is 0 Å². The van der Waals surface area contributed by atoms with Gasteiger partial charge in [-0.3, -0.25) is 0 Å². The highest BCUT2D eigenvalue weighted by Gasteiger charge is 2.19. The minimum absolute atomic E-state index is 0.106. The quantitative estimate of drug-likeness (QED) is 0.761. The lowest BCUT2D eigenvalue weighted by Gasteiger charge is -2.37. The zero-order valence-electron chi connectivity index (χ0n) is 11.9. The van der Waals surface area contributed by atoms with Crippen molar-refractivity contribution in [2.75, 3.05) is 36.0 Å². The number of rotatable bonds is 3. The molecule has 0 spiro atoms. The third-order valence-corrected chi connectivity index (χ3v) is 4.44. The van der Waals surface area contributed by atoms with Gasteiger partial charge >= 0.3 is 0 Å². The van der Waals surface area contributed by atoms with Crippen LogP contribution in [0.3, 0.4) is 0 Å². The van der Waals surface area contributed by atoms with Crippen LogP contribution in [0.2, 0.25) is 10.0 Å². The van der Waals surface area contributed by atoms with Crippen molar-refractivity contribution in [3.63, 3.8) is 0 Å². The fourth-order valence-corrected chi connectivity index (χ4v) is 3.23. The van der Waals surface area contributed by atoms with E-state index in [0.29, 0.717) is 10.0 Å². The molecule has 22 heavy (non-hydrogen) atoms. The van der Waals surface area contributed by atoms with Gasteiger partial charge in [0.1, 0.15) is 5.69 Å². The Labute approximate surface area is 139 Å². The minimum atomic E-state index is 0.106. The van der Waals surface area contributed by atoms with Crippen LogP contribution < -0.4 is 9.80 Å². The van der Waals surface area contributed by atoms with E-state index >= 15 is 0 Å². The number of hydrogen-bond acceptors (Lipinski definition) is 4. The summed E-state index contributed by atoms with van der Waals surface area (Å²) in [6.45, 7) is 3.59. The van der Waals surface area contributed by atoms with Crippen molar-refractivity contribution in [3.05, 3.63) is 57.4 Å². The molecule has 0 amide bonds. The lowest BCUT2D eigenvalue weighted by atomic mass is 10.2. The summed E-state index contributed by atoms with van der Waals surface area (Å²) in [5.74, 6) is 0. The van der Waals surface area contributed by atoms with E-state index in [1.54, 1.807) is 12.1 Å². The summed E-state index contributed by atoms with van der Waals surface area (Å²) >= 11 is 12.1. The molecule has 1 saturated heterocycles. The normalized spacial score (nSPS) is 15.0. The molecule has 0 bridgehead atoms. The molecule has 3 rings (SSSR count). The number of halogens is 2. The van der Waals surface area contributed by atoms with E-state index in [2.05, 4.69) is 27.1 Å². The van der Waals surface area contributed by atoms with Crippen molar-refractivity contribution in [1.82, 2.24) is 0 Å². The average molecular weight is 336 g/mol. The number of nitroso groups, excluding NO2 is 1. The van der Waals surface area contributed by atoms with Crippen LogP contribution in [-0.2, 0) is 0 Å². The Morgan fingerprint density at radius 2 is 1.32 bits per heavy atom. The minimum Gasteiger partial charge on any atom is -0.368 e. The summed E-state index contributed by atoms with van der Waals surface area (Å²) < 4.78 is 0. The predicted octanol–water partition coefficient (Wildman–Crippen LogP) is 4.72. The zero-order valence-corrected chi connectivity index (χ0v) is 13.4. The van der Waals surface area contributed by atoms with E-state index < -0.39 is 0 Å². The Bertz CT molecular complexity index is 647. The molecule has 1 fully saturated rings. The molecule has 0 N–H and O–H groups in total. The van der Waals surface area contributed by atoms with Crippen molar-refractivity contribution in [3.8, 4) is 0 Å². The van der Waals surface area contributed by atoms with Gasteiger partial charge in [0.15, 0.2) is 0 Å². The summed E-state index contributed by atoms with van der Waals surface area (Å²) in [4.78, 5) is 15.3. The average Bonchev–Trinajstić information content (AvgIpc) is 2.55. The van der Waals surface area contributed by atoms with Gasteiger partial charge in [0.25, 0.3) is 0 Å². The van der Waals surface area contributed by atoms with E-state index in [-0.39, 0.29) is 5.69 Å². The van der Waals surface area contributed by atoms with Gasteiger partial charge in [-0.2, -0.15) is 0 Å². The second-order valence-corrected chi connectivity index (χ2v) is 5.97. The Kier molecular flexibility index (Phi) is 4.50. The molecule has 0 aliphatic carbocycles. The highest BCUT2D eigenvalue weighted by atomic mass is 35.5. The fraction of sp³-hybridized carbons (Fsp3) is 0.250. The molecule has 6 heteroatoms. The first kappa shape index (κ1) is 15.1. The molecule has 2 aromatic rings. The van der Waals surface area contributed by atoms with Gasteiger partial charge in [-0.15, -0.1) is 4.91 Å².